The van der Waals surface area contributed by atoms with Gasteiger partial charge in [0, 0.05) is 10.2 Å². The predicted octanol–water partition coefficient (Wildman–Crippen LogP) is 3.93. The van der Waals surface area contributed by atoms with E-state index in [2.05, 4.69) is 35.1 Å². The van der Waals surface area contributed by atoms with Crippen molar-refractivity contribution in [2.75, 3.05) is 5.32 Å². The van der Waals surface area contributed by atoms with Crippen LogP contribution in [-0.4, -0.2) is 11.4 Å². The fourth-order valence-electron chi connectivity index (χ4n) is 3.11. The molecule has 2 unspecified atom stereocenters. The van der Waals surface area contributed by atoms with Crippen molar-refractivity contribution in [1.29, 1.82) is 0 Å². The maximum atomic E-state index is 12.1. The predicted molar refractivity (Wildman–Crippen MR) is 86.5 cm³/mol. The Bertz CT molecular complexity index is 489. The maximum absolute atomic E-state index is 12.1. The second-order valence-electron chi connectivity index (χ2n) is 6.15. The Morgan fingerprint density at radius 3 is 2.75 bits per heavy atom. The molecule has 1 aromatic carbocycles. The summed E-state index contributed by atoms with van der Waals surface area (Å²) in [4.78, 5) is 12.1. The van der Waals surface area contributed by atoms with E-state index in [0.29, 0.717) is 11.8 Å². The second-order valence-corrected chi connectivity index (χ2v) is 7.01. The van der Waals surface area contributed by atoms with Gasteiger partial charge in [-0.05, 0) is 59.2 Å². The van der Waals surface area contributed by atoms with Gasteiger partial charge in [-0.2, -0.15) is 0 Å². The van der Waals surface area contributed by atoms with Crippen LogP contribution in [0, 0.1) is 11.8 Å². The molecular weight excluding hydrogens is 316 g/mol. The zero-order chi connectivity index (χ0) is 14.8. The van der Waals surface area contributed by atoms with E-state index in [1.54, 1.807) is 0 Å². The molecule has 1 amide bonds. The van der Waals surface area contributed by atoms with Gasteiger partial charge < -0.3 is 11.1 Å². The van der Waals surface area contributed by atoms with E-state index in [-0.39, 0.29) is 5.91 Å². The Labute approximate surface area is 129 Å². The fraction of sp³-hybridized carbons (Fsp3) is 0.562. The number of anilines is 1. The van der Waals surface area contributed by atoms with Crippen molar-refractivity contribution in [2.24, 2.45) is 17.6 Å². The third kappa shape index (κ3) is 3.17. The zero-order valence-corrected chi connectivity index (χ0v) is 13.7. The van der Waals surface area contributed by atoms with Crippen molar-refractivity contribution < 1.29 is 4.79 Å². The molecule has 1 saturated carbocycles. The molecule has 4 heteroatoms. The molecule has 3 nitrogen and oxygen atoms in total. The number of para-hydroxylation sites is 1. The topological polar surface area (TPSA) is 55.1 Å². The van der Waals surface area contributed by atoms with Gasteiger partial charge in [0.2, 0.25) is 5.91 Å². The summed E-state index contributed by atoms with van der Waals surface area (Å²) in [6.45, 7) is 4.44. The smallest absolute Gasteiger partial charge is 0.243 e. The van der Waals surface area contributed by atoms with E-state index in [0.717, 1.165) is 29.4 Å². The highest BCUT2D eigenvalue weighted by molar-refractivity contribution is 9.10. The van der Waals surface area contributed by atoms with Crippen molar-refractivity contribution in [3.8, 4) is 0 Å². The molecule has 1 aliphatic carbocycles. The summed E-state index contributed by atoms with van der Waals surface area (Å²) in [5.74, 6) is 0.889. The van der Waals surface area contributed by atoms with Crippen LogP contribution in [0.1, 0.15) is 39.5 Å². The number of hydrogen-bond acceptors (Lipinski definition) is 2. The number of benzene rings is 1. The maximum Gasteiger partial charge on any atom is 0.243 e. The number of carbonyl (C=O) groups is 1. The summed E-state index contributed by atoms with van der Waals surface area (Å²) < 4.78 is 0.965. The number of nitrogens with two attached hydrogens (primary N) is 1. The Kier molecular flexibility index (Phi) is 4.74. The number of halogens is 1. The molecular formula is C16H23BrN2O. The number of hydrogen-bond donors (Lipinski definition) is 2. The van der Waals surface area contributed by atoms with Crippen LogP contribution in [0.3, 0.4) is 0 Å². The van der Waals surface area contributed by atoms with Crippen LogP contribution < -0.4 is 11.1 Å². The Balaban J connectivity index is 2.26. The van der Waals surface area contributed by atoms with Gasteiger partial charge in [-0.25, -0.2) is 0 Å². The Hall–Kier alpha value is -1.03. The third-order valence-corrected chi connectivity index (χ3v) is 5.14. The summed E-state index contributed by atoms with van der Waals surface area (Å²) in [5, 5.41) is 3.43. The van der Waals surface area contributed by atoms with Crippen LogP contribution in [0.15, 0.2) is 28.7 Å². The van der Waals surface area contributed by atoms with Gasteiger partial charge in [-0.15, -0.1) is 0 Å². The summed E-state index contributed by atoms with van der Waals surface area (Å²) >= 11 is 3.53. The van der Waals surface area contributed by atoms with Gasteiger partial charge in [0.05, 0.1) is 0 Å². The minimum Gasteiger partial charge on any atom is -0.370 e. The van der Waals surface area contributed by atoms with Crippen LogP contribution in [0.25, 0.3) is 0 Å². The molecule has 1 fully saturated rings. The lowest BCUT2D eigenvalue weighted by Crippen LogP contribution is -2.54. The van der Waals surface area contributed by atoms with E-state index in [1.807, 2.05) is 24.3 Å². The lowest BCUT2D eigenvalue weighted by Gasteiger charge is -2.41. The second kappa shape index (κ2) is 6.17. The van der Waals surface area contributed by atoms with Crippen molar-refractivity contribution in [3.63, 3.8) is 0 Å². The molecule has 110 valence electrons. The highest BCUT2D eigenvalue weighted by Crippen LogP contribution is 2.39. The molecule has 2 atom stereocenters. The normalized spacial score (nSPS) is 26.5. The molecule has 20 heavy (non-hydrogen) atoms. The summed E-state index contributed by atoms with van der Waals surface area (Å²) in [6, 6.07) is 7.88. The van der Waals surface area contributed by atoms with Crippen molar-refractivity contribution >= 4 is 27.5 Å². The largest absolute Gasteiger partial charge is 0.370 e. The summed E-state index contributed by atoms with van der Waals surface area (Å²) in [7, 11) is 0. The number of carbonyl (C=O) groups excluding carboxylic acids is 1. The van der Waals surface area contributed by atoms with Crippen LogP contribution in [0.5, 0.6) is 0 Å². The number of amides is 1. The standard InChI is InChI=1S/C16H23BrN2O/c1-11(2)12-6-5-9-16(10-12,15(18)20)19-14-8-4-3-7-13(14)17/h3-4,7-8,11-12,19H,5-6,9-10H2,1-2H3,(H2,18,20). The first-order valence-corrected chi connectivity index (χ1v) is 8.06. The monoisotopic (exact) mass is 338 g/mol. The van der Waals surface area contributed by atoms with Gasteiger partial charge in [-0.1, -0.05) is 32.4 Å². The van der Waals surface area contributed by atoms with Gasteiger partial charge in [0.25, 0.3) is 0 Å². The van der Waals surface area contributed by atoms with Crippen molar-refractivity contribution in [1.82, 2.24) is 0 Å². The number of primary amides is 1. The highest BCUT2D eigenvalue weighted by Gasteiger charge is 2.42. The fourth-order valence-corrected chi connectivity index (χ4v) is 3.49. The Morgan fingerprint density at radius 2 is 2.15 bits per heavy atom. The van der Waals surface area contributed by atoms with E-state index >= 15 is 0 Å². The first-order chi connectivity index (χ1) is 9.44. The van der Waals surface area contributed by atoms with E-state index < -0.39 is 5.54 Å². The van der Waals surface area contributed by atoms with Crippen LogP contribution in [-0.2, 0) is 4.79 Å². The summed E-state index contributed by atoms with van der Waals surface area (Å²) in [6.07, 6.45) is 3.86. The molecule has 0 aromatic heterocycles. The average Bonchev–Trinajstić information content (AvgIpc) is 2.41. The van der Waals surface area contributed by atoms with Gasteiger partial charge in [-0.3, -0.25) is 4.79 Å². The molecule has 1 aliphatic rings. The molecule has 0 spiro atoms. The minimum atomic E-state index is -0.614. The van der Waals surface area contributed by atoms with E-state index in [9.17, 15) is 4.79 Å². The lowest BCUT2D eigenvalue weighted by atomic mass is 9.71. The molecule has 0 saturated heterocycles. The Morgan fingerprint density at radius 1 is 1.45 bits per heavy atom. The SMILES string of the molecule is CC(C)C1CCCC(Nc2ccccc2Br)(C(N)=O)C1. The van der Waals surface area contributed by atoms with Crippen LogP contribution >= 0.6 is 15.9 Å². The van der Waals surface area contributed by atoms with E-state index in [4.69, 9.17) is 5.73 Å². The van der Waals surface area contributed by atoms with Crippen molar-refractivity contribution in [2.45, 2.75) is 45.1 Å². The average molecular weight is 339 g/mol. The molecule has 0 aliphatic heterocycles. The van der Waals surface area contributed by atoms with Crippen molar-refractivity contribution in [3.05, 3.63) is 28.7 Å². The molecule has 3 N–H and O–H groups in total. The van der Waals surface area contributed by atoms with E-state index in [1.165, 1.54) is 6.42 Å². The lowest BCUT2D eigenvalue weighted by molar-refractivity contribution is -0.124. The van der Waals surface area contributed by atoms with Crippen LogP contribution in [0.2, 0.25) is 0 Å². The van der Waals surface area contributed by atoms with Gasteiger partial charge in [0.1, 0.15) is 5.54 Å². The molecule has 1 aromatic rings. The molecule has 0 heterocycles. The first-order valence-electron chi connectivity index (χ1n) is 7.27. The van der Waals surface area contributed by atoms with Gasteiger partial charge >= 0.3 is 0 Å². The molecule has 0 radical (unpaired) electrons. The first kappa shape index (κ1) is 15.4. The molecule has 0 bridgehead atoms. The quantitative estimate of drug-likeness (QED) is 0.873. The zero-order valence-electron chi connectivity index (χ0n) is 12.2. The molecule has 2 rings (SSSR count). The third-order valence-electron chi connectivity index (χ3n) is 4.45. The van der Waals surface area contributed by atoms with Crippen LogP contribution in [0.4, 0.5) is 5.69 Å². The number of rotatable bonds is 4. The minimum absolute atomic E-state index is 0.237. The van der Waals surface area contributed by atoms with Gasteiger partial charge in [0.15, 0.2) is 0 Å². The number of nitrogens with one attached hydrogen (secondary N) is 1. The summed E-state index contributed by atoms with van der Waals surface area (Å²) in [5.41, 5.74) is 6.07. The highest BCUT2D eigenvalue weighted by atomic mass is 79.9.